The lowest BCUT2D eigenvalue weighted by Crippen LogP contribution is -2.37. The summed E-state index contributed by atoms with van der Waals surface area (Å²) in [6.45, 7) is 0.640. The molecule has 0 bridgehead atoms. The molecule has 0 spiro atoms. The van der Waals surface area contributed by atoms with Crippen molar-refractivity contribution in [2.75, 3.05) is 32.2 Å². The van der Waals surface area contributed by atoms with Crippen molar-refractivity contribution in [1.29, 1.82) is 0 Å². The quantitative estimate of drug-likeness (QED) is 0.710. The number of hydrogen-bond donors (Lipinski definition) is 2. The number of aromatic nitrogens is 2. The Kier molecular flexibility index (Phi) is 5.38. The van der Waals surface area contributed by atoms with Crippen LogP contribution in [-0.4, -0.2) is 67.2 Å². The Labute approximate surface area is 162 Å². The first kappa shape index (κ1) is 18.6. The number of amides is 1. The number of methoxy groups -OCH3 is 1. The average molecular weight is 386 g/mol. The summed E-state index contributed by atoms with van der Waals surface area (Å²) in [5.41, 5.74) is 6.89. The minimum atomic E-state index is -0.514. The highest BCUT2D eigenvalue weighted by Gasteiger charge is 2.48. The molecule has 2 aliphatic heterocycles. The minimum absolute atomic E-state index is 0.113. The van der Waals surface area contributed by atoms with Gasteiger partial charge in [0.25, 0.3) is 0 Å². The topological polar surface area (TPSA) is 118 Å². The van der Waals surface area contributed by atoms with Gasteiger partial charge in [-0.3, -0.25) is 4.79 Å². The Bertz CT molecular complexity index is 831. The Morgan fingerprint density at radius 3 is 2.75 bits per heavy atom. The van der Waals surface area contributed by atoms with Crippen molar-refractivity contribution in [3.8, 4) is 17.0 Å². The number of carbonyl (C=O) groups excluding carboxylic acids is 1. The van der Waals surface area contributed by atoms with E-state index >= 15 is 0 Å². The van der Waals surface area contributed by atoms with Crippen molar-refractivity contribution in [3.05, 3.63) is 36.5 Å². The second-order valence-electron chi connectivity index (χ2n) is 6.66. The smallest absolute Gasteiger partial charge is 0.243 e. The monoisotopic (exact) mass is 386 g/mol. The lowest BCUT2D eigenvalue weighted by atomic mass is 10.1. The van der Waals surface area contributed by atoms with Gasteiger partial charge in [0, 0.05) is 11.8 Å². The fraction of sp³-hybridized carbons (Fsp3) is 0.421. The lowest BCUT2D eigenvalue weighted by Gasteiger charge is -2.18. The molecule has 3 heterocycles. The summed E-state index contributed by atoms with van der Waals surface area (Å²) < 4.78 is 22.3. The normalized spacial score (nSPS) is 26.0. The third-order valence-corrected chi connectivity index (χ3v) is 4.80. The number of hydrogen-bond acceptors (Lipinski definition) is 8. The van der Waals surface area contributed by atoms with Gasteiger partial charge in [-0.15, -0.1) is 0 Å². The van der Waals surface area contributed by atoms with Crippen molar-refractivity contribution >= 4 is 11.9 Å². The number of primary amides is 1. The Morgan fingerprint density at radius 1 is 1.21 bits per heavy atom. The first-order valence-corrected chi connectivity index (χ1v) is 9.01. The zero-order chi connectivity index (χ0) is 19.5. The van der Waals surface area contributed by atoms with Crippen LogP contribution in [-0.2, 0) is 19.0 Å². The molecule has 1 amide bonds. The van der Waals surface area contributed by atoms with Gasteiger partial charge in [-0.25, -0.2) is 9.97 Å². The number of rotatable bonds is 7. The maximum atomic E-state index is 10.9. The number of carbonyl (C=O) groups is 1. The van der Waals surface area contributed by atoms with E-state index in [0.717, 1.165) is 17.0 Å². The molecule has 3 N–H and O–H groups in total. The second kappa shape index (κ2) is 8.09. The summed E-state index contributed by atoms with van der Waals surface area (Å²) in [6, 6.07) is 9.40. The predicted octanol–water partition coefficient (Wildman–Crippen LogP) is 0.601. The van der Waals surface area contributed by atoms with Crippen LogP contribution in [0.5, 0.6) is 5.75 Å². The fourth-order valence-electron chi connectivity index (χ4n) is 3.44. The predicted molar refractivity (Wildman–Crippen MR) is 99.8 cm³/mol. The number of nitrogens with one attached hydrogen (secondary N) is 1. The summed E-state index contributed by atoms with van der Waals surface area (Å²) in [5, 5.41) is 3.29. The van der Waals surface area contributed by atoms with Crippen LogP contribution >= 0.6 is 0 Å². The summed E-state index contributed by atoms with van der Waals surface area (Å²) in [7, 11) is 1.63. The highest BCUT2D eigenvalue weighted by molar-refractivity contribution is 5.75. The molecule has 2 saturated heterocycles. The van der Waals surface area contributed by atoms with Crippen LogP contribution in [0.4, 0.5) is 5.95 Å². The van der Waals surface area contributed by atoms with Crippen LogP contribution in [0.3, 0.4) is 0 Å². The van der Waals surface area contributed by atoms with E-state index in [4.69, 9.17) is 24.7 Å². The van der Waals surface area contributed by atoms with Crippen LogP contribution in [0.15, 0.2) is 36.5 Å². The fourth-order valence-corrected chi connectivity index (χ4v) is 3.44. The highest BCUT2D eigenvalue weighted by atomic mass is 16.6. The Hall–Kier alpha value is -2.75. The van der Waals surface area contributed by atoms with E-state index in [2.05, 4.69) is 15.3 Å². The second-order valence-corrected chi connectivity index (χ2v) is 6.66. The van der Waals surface area contributed by atoms with Crippen LogP contribution in [0, 0.1) is 0 Å². The van der Waals surface area contributed by atoms with Crippen molar-refractivity contribution in [1.82, 2.24) is 9.97 Å². The number of fused-ring (bicyclic) bond motifs is 1. The van der Waals surface area contributed by atoms with Gasteiger partial charge in [-0.05, 0) is 30.3 Å². The van der Waals surface area contributed by atoms with Gasteiger partial charge in [0.1, 0.15) is 30.7 Å². The van der Waals surface area contributed by atoms with Crippen LogP contribution in [0.1, 0.15) is 0 Å². The van der Waals surface area contributed by atoms with Gasteiger partial charge in [0.2, 0.25) is 11.9 Å². The molecule has 148 valence electrons. The van der Waals surface area contributed by atoms with Crippen molar-refractivity contribution in [3.63, 3.8) is 0 Å². The molecule has 0 radical (unpaired) electrons. The van der Waals surface area contributed by atoms with Gasteiger partial charge in [0.05, 0.1) is 32.1 Å². The molecule has 4 unspecified atom stereocenters. The molecule has 4 rings (SSSR count). The van der Waals surface area contributed by atoms with E-state index in [-0.39, 0.29) is 31.0 Å². The largest absolute Gasteiger partial charge is 0.497 e. The van der Waals surface area contributed by atoms with Crippen molar-refractivity contribution < 1.29 is 23.7 Å². The van der Waals surface area contributed by atoms with E-state index in [0.29, 0.717) is 19.2 Å². The van der Waals surface area contributed by atoms with E-state index in [1.54, 1.807) is 13.3 Å². The highest BCUT2D eigenvalue weighted by Crippen LogP contribution is 2.30. The molecular formula is C19H22N4O5. The first-order valence-electron chi connectivity index (χ1n) is 9.01. The molecule has 0 aliphatic carbocycles. The number of ether oxygens (including phenoxy) is 4. The Balaban J connectivity index is 1.42. The van der Waals surface area contributed by atoms with Gasteiger partial charge in [0.15, 0.2) is 0 Å². The number of anilines is 1. The van der Waals surface area contributed by atoms with Gasteiger partial charge in [-0.1, -0.05) is 0 Å². The minimum Gasteiger partial charge on any atom is -0.497 e. The third kappa shape index (κ3) is 3.91. The van der Waals surface area contributed by atoms with E-state index in [1.165, 1.54) is 0 Å². The molecule has 2 aliphatic rings. The molecule has 1 aromatic carbocycles. The first-order chi connectivity index (χ1) is 13.6. The van der Waals surface area contributed by atoms with Gasteiger partial charge in [-0.2, -0.15) is 0 Å². The zero-order valence-electron chi connectivity index (χ0n) is 15.4. The Morgan fingerprint density at radius 2 is 2.00 bits per heavy atom. The van der Waals surface area contributed by atoms with Gasteiger partial charge < -0.3 is 30.0 Å². The van der Waals surface area contributed by atoms with E-state index in [1.807, 2.05) is 30.3 Å². The van der Waals surface area contributed by atoms with E-state index < -0.39 is 5.91 Å². The number of benzene rings is 1. The molecule has 0 saturated carbocycles. The SMILES string of the molecule is COc1ccc(-c2ccnc(NC3COC4C(OCC(N)=O)COC34)n2)cc1. The lowest BCUT2D eigenvalue weighted by molar-refractivity contribution is -0.126. The zero-order valence-corrected chi connectivity index (χ0v) is 15.4. The standard InChI is InChI=1S/C19H22N4O5/c1-25-12-4-2-11(3-5-12)13-6-7-21-19(22-13)23-14-8-27-18-15(9-28-17(14)18)26-10-16(20)24/h2-7,14-15,17-18H,8-10H2,1H3,(H2,20,24)(H,21,22,23). The molecule has 4 atom stereocenters. The van der Waals surface area contributed by atoms with Crippen LogP contribution in [0.2, 0.25) is 0 Å². The summed E-state index contributed by atoms with van der Waals surface area (Å²) in [6.07, 6.45) is 0.944. The van der Waals surface area contributed by atoms with Crippen molar-refractivity contribution in [2.24, 2.45) is 5.73 Å². The molecule has 2 fully saturated rings. The van der Waals surface area contributed by atoms with Gasteiger partial charge >= 0.3 is 0 Å². The summed E-state index contributed by atoms with van der Waals surface area (Å²) >= 11 is 0. The molecule has 28 heavy (non-hydrogen) atoms. The molecular weight excluding hydrogens is 364 g/mol. The van der Waals surface area contributed by atoms with Crippen molar-refractivity contribution in [2.45, 2.75) is 24.4 Å². The molecule has 2 aromatic rings. The summed E-state index contributed by atoms with van der Waals surface area (Å²) in [4.78, 5) is 19.8. The maximum absolute atomic E-state index is 10.9. The van der Waals surface area contributed by atoms with E-state index in [9.17, 15) is 4.79 Å². The third-order valence-electron chi connectivity index (χ3n) is 4.80. The molecule has 1 aromatic heterocycles. The number of nitrogens with zero attached hydrogens (tertiary/aromatic N) is 2. The number of nitrogens with two attached hydrogens (primary N) is 1. The molecule has 9 heteroatoms. The average Bonchev–Trinajstić information content (AvgIpc) is 3.30. The summed E-state index contributed by atoms with van der Waals surface area (Å²) in [5.74, 6) is 0.768. The maximum Gasteiger partial charge on any atom is 0.243 e. The molecule has 9 nitrogen and oxygen atoms in total. The van der Waals surface area contributed by atoms with Crippen LogP contribution in [0.25, 0.3) is 11.3 Å². The van der Waals surface area contributed by atoms with Crippen LogP contribution < -0.4 is 15.8 Å².